The lowest BCUT2D eigenvalue weighted by Crippen LogP contribution is -2.57. The highest BCUT2D eigenvalue weighted by atomic mass is 19.4. The van der Waals surface area contributed by atoms with Gasteiger partial charge in [0.1, 0.15) is 6.04 Å². The van der Waals surface area contributed by atoms with Crippen LogP contribution < -0.4 is 5.32 Å². The third-order valence-electron chi connectivity index (χ3n) is 2.02. The van der Waals surface area contributed by atoms with E-state index in [0.29, 0.717) is 6.54 Å². The van der Waals surface area contributed by atoms with Crippen molar-refractivity contribution in [2.24, 2.45) is 0 Å². The standard InChI is InChI=1S/C7H11F3N2O/c1-5(13)12-3-2-11-6(4-12)7(8,9)10/h6,11H,2-4H2,1H3/t6-/m1/s1. The van der Waals surface area contributed by atoms with Gasteiger partial charge in [0.2, 0.25) is 5.91 Å². The van der Waals surface area contributed by atoms with Crippen LogP contribution >= 0.6 is 0 Å². The van der Waals surface area contributed by atoms with E-state index in [4.69, 9.17) is 0 Å². The van der Waals surface area contributed by atoms with Gasteiger partial charge in [-0.15, -0.1) is 0 Å². The third-order valence-corrected chi connectivity index (χ3v) is 2.02. The molecule has 1 fully saturated rings. The summed E-state index contributed by atoms with van der Waals surface area (Å²) in [6.45, 7) is 1.54. The van der Waals surface area contributed by atoms with E-state index in [9.17, 15) is 18.0 Å². The van der Waals surface area contributed by atoms with Gasteiger partial charge < -0.3 is 10.2 Å². The maximum absolute atomic E-state index is 12.2. The Hall–Kier alpha value is -0.780. The van der Waals surface area contributed by atoms with E-state index in [0.717, 1.165) is 0 Å². The highest BCUT2D eigenvalue weighted by Crippen LogP contribution is 2.22. The molecule has 0 unspecified atom stereocenters. The zero-order valence-corrected chi connectivity index (χ0v) is 7.19. The summed E-state index contributed by atoms with van der Waals surface area (Å²) in [5.41, 5.74) is 0. The van der Waals surface area contributed by atoms with Gasteiger partial charge in [0, 0.05) is 26.6 Å². The molecule has 1 rings (SSSR count). The van der Waals surface area contributed by atoms with Crippen LogP contribution in [0.2, 0.25) is 0 Å². The van der Waals surface area contributed by atoms with Crippen molar-refractivity contribution in [2.75, 3.05) is 19.6 Å². The summed E-state index contributed by atoms with van der Waals surface area (Å²) in [7, 11) is 0. The Bertz CT molecular complexity index is 204. The fraction of sp³-hybridized carbons (Fsp3) is 0.857. The molecule has 0 aliphatic carbocycles. The van der Waals surface area contributed by atoms with Gasteiger partial charge in [-0.3, -0.25) is 4.79 Å². The molecule has 0 saturated carbocycles. The second-order valence-electron chi connectivity index (χ2n) is 3.01. The number of hydrogen-bond donors (Lipinski definition) is 1. The van der Waals surface area contributed by atoms with Crippen LogP contribution in [-0.2, 0) is 4.79 Å². The Balaban J connectivity index is 2.57. The van der Waals surface area contributed by atoms with Gasteiger partial charge in [0.25, 0.3) is 0 Å². The second-order valence-corrected chi connectivity index (χ2v) is 3.01. The van der Waals surface area contributed by atoms with Crippen molar-refractivity contribution in [1.82, 2.24) is 10.2 Å². The van der Waals surface area contributed by atoms with E-state index in [1.54, 1.807) is 0 Å². The van der Waals surface area contributed by atoms with Crippen LogP contribution in [0, 0.1) is 0 Å². The minimum atomic E-state index is -4.27. The largest absolute Gasteiger partial charge is 0.405 e. The molecule has 3 nitrogen and oxygen atoms in total. The number of piperazine rings is 1. The first-order valence-corrected chi connectivity index (χ1v) is 3.97. The average Bonchev–Trinajstić information content (AvgIpc) is 2.03. The summed E-state index contributed by atoms with van der Waals surface area (Å²) in [5, 5.41) is 2.32. The van der Waals surface area contributed by atoms with E-state index in [1.165, 1.54) is 11.8 Å². The molecule has 1 amide bonds. The molecule has 0 radical (unpaired) electrons. The number of nitrogens with zero attached hydrogens (tertiary/aromatic N) is 1. The predicted octanol–water partition coefficient (Wildman–Crippen LogP) is 0.369. The number of carbonyl (C=O) groups is 1. The van der Waals surface area contributed by atoms with E-state index >= 15 is 0 Å². The van der Waals surface area contributed by atoms with Crippen molar-refractivity contribution in [3.05, 3.63) is 0 Å². The monoisotopic (exact) mass is 196 g/mol. The summed E-state index contributed by atoms with van der Waals surface area (Å²) in [5.74, 6) is -0.309. The van der Waals surface area contributed by atoms with Crippen molar-refractivity contribution in [2.45, 2.75) is 19.1 Å². The van der Waals surface area contributed by atoms with Gasteiger partial charge in [-0.1, -0.05) is 0 Å². The first-order chi connectivity index (χ1) is 5.91. The molecular formula is C7H11F3N2O. The maximum atomic E-state index is 12.2. The fourth-order valence-electron chi connectivity index (χ4n) is 1.26. The van der Waals surface area contributed by atoms with Crippen molar-refractivity contribution in [1.29, 1.82) is 0 Å². The molecule has 0 bridgehead atoms. The highest BCUT2D eigenvalue weighted by Gasteiger charge is 2.42. The van der Waals surface area contributed by atoms with E-state index < -0.39 is 12.2 Å². The number of rotatable bonds is 0. The Kier molecular flexibility index (Phi) is 2.80. The van der Waals surface area contributed by atoms with E-state index in [-0.39, 0.29) is 19.0 Å². The lowest BCUT2D eigenvalue weighted by Gasteiger charge is -2.33. The molecule has 1 atom stereocenters. The van der Waals surface area contributed by atoms with Gasteiger partial charge in [0.15, 0.2) is 0 Å². The Morgan fingerprint density at radius 3 is 2.62 bits per heavy atom. The van der Waals surface area contributed by atoms with Crippen molar-refractivity contribution < 1.29 is 18.0 Å². The number of hydrogen-bond acceptors (Lipinski definition) is 2. The lowest BCUT2D eigenvalue weighted by molar-refractivity contribution is -0.167. The highest BCUT2D eigenvalue weighted by molar-refractivity contribution is 5.73. The number of carbonyl (C=O) groups excluding carboxylic acids is 1. The molecule has 1 saturated heterocycles. The van der Waals surface area contributed by atoms with E-state index in [1.807, 2.05) is 0 Å². The summed E-state index contributed by atoms with van der Waals surface area (Å²) >= 11 is 0. The minimum absolute atomic E-state index is 0.198. The molecule has 13 heavy (non-hydrogen) atoms. The Morgan fingerprint density at radius 2 is 2.15 bits per heavy atom. The Morgan fingerprint density at radius 1 is 1.54 bits per heavy atom. The van der Waals surface area contributed by atoms with Gasteiger partial charge in [0.05, 0.1) is 0 Å². The molecule has 1 N–H and O–H groups in total. The fourth-order valence-corrected chi connectivity index (χ4v) is 1.26. The number of nitrogens with one attached hydrogen (secondary N) is 1. The van der Waals surface area contributed by atoms with Crippen LogP contribution in [0.1, 0.15) is 6.92 Å². The molecule has 6 heteroatoms. The topological polar surface area (TPSA) is 32.3 Å². The quantitative estimate of drug-likeness (QED) is 0.607. The number of halogens is 3. The zero-order chi connectivity index (χ0) is 10.1. The van der Waals surface area contributed by atoms with E-state index in [2.05, 4.69) is 5.32 Å². The summed E-state index contributed by atoms with van der Waals surface area (Å²) < 4.78 is 36.5. The minimum Gasteiger partial charge on any atom is -0.340 e. The average molecular weight is 196 g/mol. The molecule has 0 aromatic heterocycles. The molecule has 76 valence electrons. The van der Waals surface area contributed by atoms with Crippen molar-refractivity contribution in [3.63, 3.8) is 0 Å². The van der Waals surface area contributed by atoms with Crippen molar-refractivity contribution >= 4 is 5.91 Å². The molecule has 0 aromatic carbocycles. The maximum Gasteiger partial charge on any atom is 0.405 e. The number of amides is 1. The molecule has 1 aliphatic heterocycles. The van der Waals surface area contributed by atoms with Gasteiger partial charge in [-0.05, 0) is 0 Å². The normalized spacial score (nSPS) is 24.6. The Labute approximate surface area is 73.9 Å². The van der Waals surface area contributed by atoms with Gasteiger partial charge in [-0.25, -0.2) is 0 Å². The zero-order valence-electron chi connectivity index (χ0n) is 7.19. The SMILES string of the molecule is CC(=O)N1CCN[C@@H](C(F)(F)F)C1. The second kappa shape index (κ2) is 3.53. The predicted molar refractivity (Wildman–Crippen MR) is 40.1 cm³/mol. The van der Waals surface area contributed by atoms with Crippen LogP contribution in [0.15, 0.2) is 0 Å². The number of alkyl halides is 3. The first kappa shape index (κ1) is 10.3. The summed E-state index contributed by atoms with van der Waals surface area (Å²) in [6.07, 6.45) is -4.27. The van der Waals surface area contributed by atoms with Crippen LogP contribution in [0.25, 0.3) is 0 Å². The van der Waals surface area contributed by atoms with Gasteiger partial charge >= 0.3 is 6.18 Å². The van der Waals surface area contributed by atoms with Crippen LogP contribution in [0.5, 0.6) is 0 Å². The summed E-state index contributed by atoms with van der Waals surface area (Å²) in [6, 6.07) is -1.58. The van der Waals surface area contributed by atoms with Crippen LogP contribution in [0.4, 0.5) is 13.2 Å². The van der Waals surface area contributed by atoms with Gasteiger partial charge in [-0.2, -0.15) is 13.2 Å². The summed E-state index contributed by atoms with van der Waals surface area (Å²) in [4.78, 5) is 12.0. The first-order valence-electron chi connectivity index (χ1n) is 3.97. The third kappa shape index (κ3) is 2.58. The molecule has 1 heterocycles. The van der Waals surface area contributed by atoms with Crippen LogP contribution in [0.3, 0.4) is 0 Å². The molecular weight excluding hydrogens is 185 g/mol. The molecule has 0 aromatic rings. The molecule has 0 spiro atoms. The smallest absolute Gasteiger partial charge is 0.340 e. The van der Waals surface area contributed by atoms with Crippen molar-refractivity contribution in [3.8, 4) is 0 Å². The lowest BCUT2D eigenvalue weighted by atomic mass is 10.2. The van der Waals surface area contributed by atoms with Crippen LogP contribution in [-0.4, -0.2) is 42.7 Å². The molecule has 1 aliphatic rings.